The molecule has 0 aliphatic carbocycles. The lowest BCUT2D eigenvalue weighted by atomic mass is 9.76. The fourth-order valence-corrected chi connectivity index (χ4v) is 3.50. The number of halogens is 2. The van der Waals surface area contributed by atoms with E-state index in [1.807, 2.05) is 48.5 Å². The van der Waals surface area contributed by atoms with Crippen molar-refractivity contribution in [3.05, 3.63) is 99.8 Å². The van der Waals surface area contributed by atoms with E-state index in [9.17, 15) is 5.11 Å². The molecule has 1 N–H and O–H groups in total. The summed E-state index contributed by atoms with van der Waals surface area (Å²) in [5, 5.41) is 12.5. The van der Waals surface area contributed by atoms with Crippen molar-refractivity contribution < 1.29 is 5.11 Å². The average molecular weight is 358 g/mol. The van der Waals surface area contributed by atoms with Crippen LogP contribution in [0.25, 0.3) is 0 Å². The first kappa shape index (κ1) is 17.0. The first-order valence-corrected chi connectivity index (χ1v) is 8.39. The lowest BCUT2D eigenvalue weighted by molar-refractivity contribution is 0.0381. The number of pyridine rings is 1. The van der Waals surface area contributed by atoms with E-state index in [1.54, 1.807) is 31.3 Å². The van der Waals surface area contributed by atoms with Gasteiger partial charge in [-0.1, -0.05) is 59.6 Å². The van der Waals surface area contributed by atoms with Crippen molar-refractivity contribution in [2.24, 2.45) is 0 Å². The van der Waals surface area contributed by atoms with Gasteiger partial charge in [-0.05, 0) is 42.8 Å². The molecule has 4 heteroatoms. The van der Waals surface area contributed by atoms with Crippen molar-refractivity contribution in [3.63, 3.8) is 0 Å². The second-order valence-corrected chi connectivity index (χ2v) is 6.71. The Morgan fingerprint density at radius 1 is 0.958 bits per heavy atom. The first-order chi connectivity index (χ1) is 11.5. The van der Waals surface area contributed by atoms with Gasteiger partial charge in [-0.2, -0.15) is 0 Å². The van der Waals surface area contributed by atoms with Crippen LogP contribution >= 0.6 is 23.2 Å². The molecule has 0 saturated heterocycles. The summed E-state index contributed by atoms with van der Waals surface area (Å²) in [5.41, 5.74) is 1.02. The van der Waals surface area contributed by atoms with Gasteiger partial charge < -0.3 is 5.11 Å². The van der Waals surface area contributed by atoms with Gasteiger partial charge in [0.1, 0.15) is 5.60 Å². The van der Waals surface area contributed by atoms with Gasteiger partial charge >= 0.3 is 0 Å². The summed E-state index contributed by atoms with van der Waals surface area (Å²) in [5.74, 6) is -0.379. The predicted octanol–water partition coefficient (Wildman–Crippen LogP) is 5.43. The summed E-state index contributed by atoms with van der Waals surface area (Å²) in [6.45, 7) is 1.75. The predicted molar refractivity (Wildman–Crippen MR) is 98.6 cm³/mol. The van der Waals surface area contributed by atoms with E-state index in [-0.39, 0.29) is 5.92 Å². The Bertz CT molecular complexity index is 780. The molecule has 0 bridgehead atoms. The number of nitrogens with zero attached hydrogens (tertiary/aromatic N) is 1. The van der Waals surface area contributed by atoms with Gasteiger partial charge in [0.25, 0.3) is 0 Å². The zero-order chi connectivity index (χ0) is 17.2. The normalized spacial score (nSPS) is 14.8. The lowest BCUT2D eigenvalue weighted by Crippen LogP contribution is -2.32. The Hall–Kier alpha value is -1.87. The molecule has 0 aliphatic rings. The van der Waals surface area contributed by atoms with Gasteiger partial charge in [-0.3, -0.25) is 4.98 Å². The van der Waals surface area contributed by atoms with Crippen LogP contribution in [0.1, 0.15) is 29.7 Å². The van der Waals surface area contributed by atoms with Crippen molar-refractivity contribution >= 4 is 23.2 Å². The molecule has 2 nitrogen and oxygen atoms in total. The van der Waals surface area contributed by atoms with Crippen LogP contribution in [0.4, 0.5) is 0 Å². The zero-order valence-electron chi connectivity index (χ0n) is 13.2. The molecule has 0 radical (unpaired) electrons. The molecule has 0 unspecified atom stereocenters. The summed E-state index contributed by atoms with van der Waals surface area (Å²) < 4.78 is 0. The highest BCUT2D eigenvalue weighted by molar-refractivity contribution is 6.33. The standard InChI is InChI=1S/C20H17Cl2NO/c1-20(24,16-13-15(21)10-11-17(16)22)19(14-7-3-2-4-8-14)18-9-5-6-12-23-18/h2-13,19,24H,1H3/t19-,20-/m1/s1. The number of hydrogen-bond acceptors (Lipinski definition) is 2. The molecule has 1 heterocycles. The monoisotopic (exact) mass is 357 g/mol. The molecule has 2 atom stereocenters. The van der Waals surface area contributed by atoms with Crippen LogP contribution in [0.5, 0.6) is 0 Å². The van der Waals surface area contributed by atoms with Crippen molar-refractivity contribution in [1.82, 2.24) is 4.98 Å². The second kappa shape index (κ2) is 6.94. The second-order valence-electron chi connectivity index (χ2n) is 5.87. The third-order valence-electron chi connectivity index (χ3n) is 4.15. The molecule has 0 fully saturated rings. The van der Waals surface area contributed by atoms with E-state index in [0.717, 1.165) is 11.3 Å². The molecular formula is C20H17Cl2NO. The SMILES string of the molecule is C[C@@](O)(c1cc(Cl)ccc1Cl)[C@H](c1ccccc1)c1ccccn1. The molecule has 2 aromatic carbocycles. The van der Waals surface area contributed by atoms with Gasteiger partial charge in [0.05, 0.1) is 11.6 Å². The zero-order valence-corrected chi connectivity index (χ0v) is 14.7. The molecule has 3 aromatic rings. The van der Waals surface area contributed by atoms with E-state index in [1.165, 1.54) is 0 Å². The van der Waals surface area contributed by atoms with Crippen LogP contribution < -0.4 is 0 Å². The van der Waals surface area contributed by atoms with E-state index >= 15 is 0 Å². The topological polar surface area (TPSA) is 33.1 Å². The van der Waals surface area contributed by atoms with Gasteiger partial charge in [-0.15, -0.1) is 0 Å². The van der Waals surface area contributed by atoms with E-state index in [2.05, 4.69) is 4.98 Å². The Kier molecular flexibility index (Phi) is 4.91. The van der Waals surface area contributed by atoms with Gasteiger partial charge in [0.2, 0.25) is 0 Å². The molecule has 0 spiro atoms. The first-order valence-electron chi connectivity index (χ1n) is 7.64. The van der Waals surface area contributed by atoms with Crippen LogP contribution in [0.2, 0.25) is 10.0 Å². The van der Waals surface area contributed by atoms with Crippen LogP contribution in [-0.4, -0.2) is 10.1 Å². The van der Waals surface area contributed by atoms with Crippen molar-refractivity contribution in [2.45, 2.75) is 18.4 Å². The molecule has 0 amide bonds. The molecule has 0 aliphatic heterocycles. The Morgan fingerprint density at radius 2 is 1.67 bits per heavy atom. The highest BCUT2D eigenvalue weighted by Crippen LogP contribution is 2.43. The van der Waals surface area contributed by atoms with Crippen LogP contribution in [0.3, 0.4) is 0 Å². The smallest absolute Gasteiger partial charge is 0.101 e. The Morgan fingerprint density at radius 3 is 2.33 bits per heavy atom. The highest BCUT2D eigenvalue weighted by atomic mass is 35.5. The molecule has 0 saturated carbocycles. The summed E-state index contributed by atoms with van der Waals surface area (Å²) in [6, 6.07) is 20.6. The molecule has 1 aromatic heterocycles. The molecular weight excluding hydrogens is 341 g/mol. The lowest BCUT2D eigenvalue weighted by Gasteiger charge is -2.34. The number of hydrogen-bond donors (Lipinski definition) is 1. The quantitative estimate of drug-likeness (QED) is 0.675. The van der Waals surface area contributed by atoms with E-state index < -0.39 is 5.60 Å². The number of aliphatic hydroxyl groups is 1. The molecule has 3 rings (SSSR count). The van der Waals surface area contributed by atoms with E-state index in [4.69, 9.17) is 23.2 Å². The highest BCUT2D eigenvalue weighted by Gasteiger charge is 2.38. The van der Waals surface area contributed by atoms with Gasteiger partial charge in [-0.25, -0.2) is 0 Å². The van der Waals surface area contributed by atoms with Gasteiger partial charge in [0, 0.05) is 21.8 Å². The molecule has 24 heavy (non-hydrogen) atoms. The largest absolute Gasteiger partial charge is 0.384 e. The van der Waals surface area contributed by atoms with Crippen molar-refractivity contribution in [3.8, 4) is 0 Å². The van der Waals surface area contributed by atoms with Crippen molar-refractivity contribution in [1.29, 1.82) is 0 Å². The summed E-state index contributed by atoms with van der Waals surface area (Å²) in [6.07, 6.45) is 1.72. The number of rotatable bonds is 4. The van der Waals surface area contributed by atoms with E-state index in [0.29, 0.717) is 15.6 Å². The van der Waals surface area contributed by atoms with Crippen LogP contribution in [0.15, 0.2) is 72.9 Å². The maximum atomic E-state index is 11.5. The average Bonchev–Trinajstić information content (AvgIpc) is 2.59. The maximum Gasteiger partial charge on any atom is 0.101 e. The third-order valence-corrected chi connectivity index (χ3v) is 4.72. The fourth-order valence-electron chi connectivity index (χ4n) is 3.02. The summed E-state index contributed by atoms with van der Waals surface area (Å²) >= 11 is 12.5. The van der Waals surface area contributed by atoms with Crippen molar-refractivity contribution in [2.75, 3.05) is 0 Å². The fraction of sp³-hybridized carbons (Fsp3) is 0.150. The minimum Gasteiger partial charge on any atom is -0.384 e. The number of aromatic nitrogens is 1. The third kappa shape index (κ3) is 3.32. The molecule has 122 valence electrons. The Balaban J connectivity index is 2.19. The maximum absolute atomic E-state index is 11.5. The summed E-state index contributed by atoms with van der Waals surface area (Å²) in [7, 11) is 0. The Labute approximate surface area is 151 Å². The summed E-state index contributed by atoms with van der Waals surface area (Å²) in [4.78, 5) is 4.46. The number of benzene rings is 2. The minimum absolute atomic E-state index is 0.379. The van der Waals surface area contributed by atoms with Crippen LogP contribution in [-0.2, 0) is 5.60 Å². The minimum atomic E-state index is -1.28. The van der Waals surface area contributed by atoms with Crippen LogP contribution in [0, 0.1) is 0 Å². The van der Waals surface area contributed by atoms with Gasteiger partial charge in [0.15, 0.2) is 0 Å².